The second-order valence-electron chi connectivity index (χ2n) is 6.72. The van der Waals surface area contributed by atoms with Crippen LogP contribution in [-0.2, 0) is 10.0 Å². The molecule has 1 aromatic carbocycles. The third-order valence-electron chi connectivity index (χ3n) is 4.55. The highest BCUT2D eigenvalue weighted by Crippen LogP contribution is 2.18. The summed E-state index contributed by atoms with van der Waals surface area (Å²) in [6, 6.07) is 6.09. The van der Waals surface area contributed by atoms with Gasteiger partial charge in [-0.3, -0.25) is 4.99 Å². The Bertz CT molecular complexity index is 742. The molecule has 9 heteroatoms. The lowest BCUT2D eigenvalue weighted by Crippen LogP contribution is -2.44. The van der Waals surface area contributed by atoms with E-state index in [2.05, 4.69) is 15.6 Å². The summed E-state index contributed by atoms with van der Waals surface area (Å²) in [5.74, 6) is 1.06. The van der Waals surface area contributed by atoms with Gasteiger partial charge in [-0.25, -0.2) is 17.1 Å². The number of nitrogens with zero attached hydrogens (tertiary/aromatic N) is 2. The van der Waals surface area contributed by atoms with Crippen molar-refractivity contribution in [3.05, 3.63) is 30.1 Å². The third kappa shape index (κ3) is 6.99. The highest BCUT2D eigenvalue weighted by atomic mass is 32.2. The maximum atomic E-state index is 13.3. The first-order valence-corrected chi connectivity index (χ1v) is 11.0. The monoisotopic (exact) mass is 400 g/mol. The van der Waals surface area contributed by atoms with Gasteiger partial charge in [0.1, 0.15) is 17.7 Å². The van der Waals surface area contributed by atoms with Gasteiger partial charge in [0.2, 0.25) is 10.0 Å². The largest absolute Gasteiger partial charge is 0.489 e. The number of hydrogen-bond acceptors (Lipinski definition) is 4. The van der Waals surface area contributed by atoms with Crippen LogP contribution in [0.4, 0.5) is 4.39 Å². The van der Waals surface area contributed by atoms with Crippen molar-refractivity contribution in [2.45, 2.75) is 25.9 Å². The Morgan fingerprint density at radius 2 is 2.22 bits per heavy atom. The first kappa shape index (κ1) is 21.4. The molecule has 7 nitrogen and oxygen atoms in total. The molecular weight excluding hydrogens is 371 g/mol. The van der Waals surface area contributed by atoms with Crippen LogP contribution in [0.25, 0.3) is 0 Å². The van der Waals surface area contributed by atoms with E-state index < -0.39 is 10.0 Å². The van der Waals surface area contributed by atoms with Gasteiger partial charge in [0.15, 0.2) is 5.96 Å². The van der Waals surface area contributed by atoms with Crippen molar-refractivity contribution >= 4 is 16.0 Å². The lowest BCUT2D eigenvalue weighted by atomic mass is 10.1. The van der Waals surface area contributed by atoms with Crippen molar-refractivity contribution in [1.82, 2.24) is 14.9 Å². The predicted molar refractivity (Wildman–Crippen MR) is 105 cm³/mol. The smallest absolute Gasteiger partial charge is 0.211 e. The first-order chi connectivity index (χ1) is 12.8. The fourth-order valence-corrected chi connectivity index (χ4v) is 3.86. The summed E-state index contributed by atoms with van der Waals surface area (Å²) in [5.41, 5.74) is 0. The topological polar surface area (TPSA) is 83.0 Å². The molecule has 27 heavy (non-hydrogen) atoms. The zero-order valence-corrected chi connectivity index (χ0v) is 16.9. The molecule has 0 radical (unpaired) electrons. The summed E-state index contributed by atoms with van der Waals surface area (Å²) in [6.07, 6.45) is 2.70. The summed E-state index contributed by atoms with van der Waals surface area (Å²) in [6.45, 7) is 4.26. The standard InChI is InChI=1S/C18H29FN4O3S/c1-4-16(26-17-7-5-6-15(19)10-17)12-22-18(20-2)21-11-14-8-9-23(13-14)27(3,24)25/h5-7,10,14,16H,4,8-9,11-13H2,1-3H3,(H2,20,21,22). The molecule has 1 fully saturated rings. The zero-order valence-electron chi connectivity index (χ0n) is 16.1. The lowest BCUT2D eigenvalue weighted by molar-refractivity contribution is 0.198. The molecule has 2 N–H and O–H groups in total. The van der Waals surface area contributed by atoms with E-state index in [1.807, 2.05) is 6.92 Å². The van der Waals surface area contributed by atoms with Crippen molar-refractivity contribution in [2.75, 3.05) is 39.5 Å². The summed E-state index contributed by atoms with van der Waals surface area (Å²) < 4.78 is 43.8. The number of rotatable bonds is 8. The number of ether oxygens (including phenoxy) is 1. The van der Waals surface area contributed by atoms with Crippen LogP contribution in [0.5, 0.6) is 5.75 Å². The number of nitrogens with one attached hydrogen (secondary N) is 2. The number of sulfonamides is 1. The maximum absolute atomic E-state index is 13.3. The van der Waals surface area contributed by atoms with Crippen LogP contribution in [0.1, 0.15) is 19.8 Å². The molecule has 2 atom stereocenters. The molecule has 1 heterocycles. The third-order valence-corrected chi connectivity index (χ3v) is 5.82. The Labute approximate surface area is 161 Å². The van der Waals surface area contributed by atoms with Crippen LogP contribution < -0.4 is 15.4 Å². The molecule has 152 valence electrons. The predicted octanol–water partition coefficient (Wildman–Crippen LogP) is 1.43. The van der Waals surface area contributed by atoms with Crippen molar-refractivity contribution in [3.63, 3.8) is 0 Å². The molecule has 0 spiro atoms. The van der Waals surface area contributed by atoms with Gasteiger partial charge in [-0.1, -0.05) is 13.0 Å². The zero-order chi connectivity index (χ0) is 19.9. The van der Waals surface area contributed by atoms with Crippen LogP contribution in [0, 0.1) is 11.7 Å². The van der Waals surface area contributed by atoms with Crippen LogP contribution in [0.2, 0.25) is 0 Å². The van der Waals surface area contributed by atoms with Crippen LogP contribution >= 0.6 is 0 Å². The second-order valence-corrected chi connectivity index (χ2v) is 8.70. The van der Waals surface area contributed by atoms with Crippen molar-refractivity contribution in [3.8, 4) is 5.75 Å². The highest BCUT2D eigenvalue weighted by Gasteiger charge is 2.28. The second kappa shape index (κ2) is 9.89. The molecule has 0 aromatic heterocycles. The van der Waals surface area contributed by atoms with E-state index in [1.54, 1.807) is 19.2 Å². The normalized spacial score (nSPS) is 19.7. The van der Waals surface area contributed by atoms with E-state index >= 15 is 0 Å². The Hall–Kier alpha value is -1.87. The quantitative estimate of drug-likeness (QED) is 0.510. The summed E-state index contributed by atoms with van der Waals surface area (Å²) >= 11 is 0. The number of benzene rings is 1. The average Bonchev–Trinajstić information content (AvgIpc) is 3.10. The molecule has 1 saturated heterocycles. The molecule has 1 aliphatic heterocycles. The first-order valence-electron chi connectivity index (χ1n) is 9.13. The fourth-order valence-electron chi connectivity index (χ4n) is 2.94. The fraction of sp³-hybridized carbons (Fsp3) is 0.611. The summed E-state index contributed by atoms with van der Waals surface area (Å²) in [4.78, 5) is 4.19. The van der Waals surface area contributed by atoms with E-state index in [0.717, 1.165) is 12.8 Å². The minimum Gasteiger partial charge on any atom is -0.489 e. The Kier molecular flexibility index (Phi) is 7.85. The van der Waals surface area contributed by atoms with E-state index in [4.69, 9.17) is 4.74 Å². The van der Waals surface area contributed by atoms with Gasteiger partial charge in [0.05, 0.1) is 12.8 Å². The van der Waals surface area contributed by atoms with Gasteiger partial charge in [0.25, 0.3) is 0 Å². The Morgan fingerprint density at radius 1 is 1.44 bits per heavy atom. The van der Waals surface area contributed by atoms with Gasteiger partial charge in [0, 0.05) is 32.7 Å². The molecule has 1 aromatic rings. The lowest BCUT2D eigenvalue weighted by Gasteiger charge is -2.21. The number of halogens is 1. The molecule has 1 aliphatic rings. The molecule has 0 saturated carbocycles. The molecule has 0 amide bonds. The SMILES string of the molecule is CCC(CNC(=NC)NCC1CCN(S(C)(=O)=O)C1)Oc1cccc(F)c1. The van der Waals surface area contributed by atoms with Gasteiger partial charge in [-0.05, 0) is 30.9 Å². The van der Waals surface area contributed by atoms with E-state index in [9.17, 15) is 12.8 Å². The number of guanidine groups is 1. The van der Waals surface area contributed by atoms with Gasteiger partial charge in [-0.15, -0.1) is 0 Å². The molecule has 2 rings (SSSR count). The molecule has 0 bridgehead atoms. The van der Waals surface area contributed by atoms with E-state index in [0.29, 0.717) is 37.9 Å². The van der Waals surface area contributed by atoms with Crippen LogP contribution in [0.3, 0.4) is 0 Å². The van der Waals surface area contributed by atoms with Crippen molar-refractivity contribution in [1.29, 1.82) is 0 Å². The van der Waals surface area contributed by atoms with Crippen LogP contribution in [0.15, 0.2) is 29.3 Å². The van der Waals surface area contributed by atoms with Gasteiger partial charge >= 0.3 is 0 Å². The highest BCUT2D eigenvalue weighted by molar-refractivity contribution is 7.88. The van der Waals surface area contributed by atoms with Crippen LogP contribution in [-0.4, -0.2) is 64.3 Å². The van der Waals surface area contributed by atoms with Gasteiger partial charge < -0.3 is 15.4 Å². The Morgan fingerprint density at radius 3 is 2.81 bits per heavy atom. The van der Waals surface area contributed by atoms with Gasteiger partial charge in [-0.2, -0.15) is 0 Å². The Balaban J connectivity index is 1.77. The van der Waals surface area contributed by atoms with E-state index in [-0.39, 0.29) is 17.8 Å². The maximum Gasteiger partial charge on any atom is 0.211 e. The minimum atomic E-state index is -3.12. The van der Waals surface area contributed by atoms with E-state index in [1.165, 1.54) is 22.7 Å². The van der Waals surface area contributed by atoms with Crippen molar-refractivity contribution < 1.29 is 17.5 Å². The number of hydrogen-bond donors (Lipinski definition) is 2. The average molecular weight is 401 g/mol. The van der Waals surface area contributed by atoms with Crippen molar-refractivity contribution in [2.24, 2.45) is 10.9 Å². The number of aliphatic imine (C=N–C) groups is 1. The molecule has 2 unspecified atom stereocenters. The summed E-state index contributed by atoms with van der Waals surface area (Å²) in [5, 5.41) is 6.45. The molecule has 0 aliphatic carbocycles. The minimum absolute atomic E-state index is 0.127. The summed E-state index contributed by atoms with van der Waals surface area (Å²) in [7, 11) is -1.44. The molecular formula is C18H29FN4O3S.